The summed E-state index contributed by atoms with van der Waals surface area (Å²) in [6.07, 6.45) is 1.62. The lowest BCUT2D eigenvalue weighted by molar-refractivity contribution is 0.0169. The predicted octanol–water partition coefficient (Wildman–Crippen LogP) is 1.59. The van der Waals surface area contributed by atoms with Crippen molar-refractivity contribution >= 4 is 17.2 Å². The summed E-state index contributed by atoms with van der Waals surface area (Å²) in [5.41, 5.74) is 1.51. The minimum Gasteiger partial charge on any atom is -0.379 e. The van der Waals surface area contributed by atoms with Crippen LogP contribution in [0.3, 0.4) is 0 Å². The molecule has 0 bridgehead atoms. The maximum absolute atomic E-state index is 12.4. The molecule has 1 atom stereocenters. The van der Waals surface area contributed by atoms with Gasteiger partial charge in [-0.1, -0.05) is 6.07 Å². The van der Waals surface area contributed by atoms with Crippen molar-refractivity contribution in [2.45, 2.75) is 13.0 Å². The van der Waals surface area contributed by atoms with E-state index in [-0.39, 0.29) is 11.9 Å². The standard InChI is InChI=1S/C16H22N4O2S/c1-12-13(10-18-19(12)2)16(21)17-11-14(15-4-3-9-23-15)20-5-7-22-8-6-20/h3-4,9-10,14H,5-8,11H2,1-2H3,(H,17,21)/t14-/m0/s1. The van der Waals surface area contributed by atoms with E-state index >= 15 is 0 Å². The van der Waals surface area contributed by atoms with E-state index in [1.807, 2.05) is 14.0 Å². The van der Waals surface area contributed by atoms with Crippen molar-refractivity contribution in [2.24, 2.45) is 7.05 Å². The minimum absolute atomic E-state index is 0.0644. The number of thiophene rings is 1. The molecule has 0 aliphatic carbocycles. The van der Waals surface area contributed by atoms with Gasteiger partial charge in [0.05, 0.1) is 31.0 Å². The Morgan fingerprint density at radius 1 is 1.48 bits per heavy atom. The first kappa shape index (κ1) is 16.2. The Hall–Kier alpha value is -1.70. The zero-order valence-electron chi connectivity index (χ0n) is 13.5. The molecule has 23 heavy (non-hydrogen) atoms. The molecular formula is C16H22N4O2S. The van der Waals surface area contributed by atoms with Crippen LogP contribution in [0.2, 0.25) is 0 Å². The Labute approximate surface area is 140 Å². The average molecular weight is 334 g/mol. The van der Waals surface area contributed by atoms with Gasteiger partial charge in [0.1, 0.15) is 0 Å². The molecule has 0 radical (unpaired) electrons. The van der Waals surface area contributed by atoms with Gasteiger partial charge in [-0.3, -0.25) is 14.4 Å². The Bertz CT molecular complexity index is 647. The molecule has 0 aromatic carbocycles. The third kappa shape index (κ3) is 3.63. The van der Waals surface area contributed by atoms with E-state index in [0.29, 0.717) is 12.1 Å². The number of carbonyl (C=O) groups is 1. The van der Waals surface area contributed by atoms with E-state index in [1.165, 1.54) is 4.88 Å². The van der Waals surface area contributed by atoms with Crippen LogP contribution in [-0.2, 0) is 11.8 Å². The second-order valence-corrected chi connectivity index (χ2v) is 6.64. The molecule has 1 N–H and O–H groups in total. The maximum Gasteiger partial charge on any atom is 0.254 e. The highest BCUT2D eigenvalue weighted by Crippen LogP contribution is 2.25. The van der Waals surface area contributed by atoms with E-state index in [1.54, 1.807) is 22.2 Å². The second kappa shape index (κ2) is 7.25. The van der Waals surface area contributed by atoms with Gasteiger partial charge in [-0.25, -0.2) is 0 Å². The summed E-state index contributed by atoms with van der Waals surface area (Å²) < 4.78 is 7.16. The van der Waals surface area contributed by atoms with Gasteiger partial charge in [-0.05, 0) is 18.4 Å². The van der Waals surface area contributed by atoms with Crippen LogP contribution in [0.15, 0.2) is 23.7 Å². The molecule has 0 saturated carbocycles. The Morgan fingerprint density at radius 3 is 2.87 bits per heavy atom. The number of nitrogens with one attached hydrogen (secondary N) is 1. The Kier molecular flexibility index (Phi) is 5.09. The van der Waals surface area contributed by atoms with Crippen LogP contribution < -0.4 is 5.32 Å². The Morgan fingerprint density at radius 2 is 2.26 bits per heavy atom. The largest absolute Gasteiger partial charge is 0.379 e. The zero-order chi connectivity index (χ0) is 16.2. The highest BCUT2D eigenvalue weighted by molar-refractivity contribution is 7.10. The third-order valence-electron chi connectivity index (χ3n) is 4.29. The van der Waals surface area contributed by atoms with Crippen LogP contribution in [0.4, 0.5) is 0 Å². The quantitative estimate of drug-likeness (QED) is 0.902. The fourth-order valence-electron chi connectivity index (χ4n) is 2.79. The third-order valence-corrected chi connectivity index (χ3v) is 5.27. The van der Waals surface area contributed by atoms with Gasteiger partial charge in [-0.2, -0.15) is 5.10 Å². The smallest absolute Gasteiger partial charge is 0.254 e. The van der Waals surface area contributed by atoms with Crippen LogP contribution in [-0.4, -0.2) is 53.4 Å². The second-order valence-electron chi connectivity index (χ2n) is 5.66. The topological polar surface area (TPSA) is 59.4 Å². The van der Waals surface area contributed by atoms with Gasteiger partial charge in [0, 0.05) is 37.3 Å². The fraction of sp³-hybridized carbons (Fsp3) is 0.500. The van der Waals surface area contributed by atoms with E-state index < -0.39 is 0 Å². The fourth-order valence-corrected chi connectivity index (χ4v) is 3.65. The first-order valence-electron chi connectivity index (χ1n) is 7.79. The molecule has 2 aromatic rings. The van der Waals surface area contributed by atoms with E-state index in [9.17, 15) is 4.79 Å². The van der Waals surface area contributed by atoms with Crippen LogP contribution in [0.25, 0.3) is 0 Å². The monoisotopic (exact) mass is 334 g/mol. The summed E-state index contributed by atoms with van der Waals surface area (Å²) in [5, 5.41) is 9.28. The molecule has 3 heterocycles. The minimum atomic E-state index is -0.0644. The number of aromatic nitrogens is 2. The molecule has 1 saturated heterocycles. The normalized spacial score (nSPS) is 17.1. The first-order chi connectivity index (χ1) is 11.2. The molecule has 1 aliphatic heterocycles. The summed E-state index contributed by atoms with van der Waals surface area (Å²) >= 11 is 1.73. The molecule has 0 unspecified atom stereocenters. The summed E-state index contributed by atoms with van der Waals surface area (Å²) in [6, 6.07) is 4.38. The van der Waals surface area contributed by atoms with Gasteiger partial charge < -0.3 is 10.1 Å². The van der Waals surface area contributed by atoms with Crippen LogP contribution >= 0.6 is 11.3 Å². The van der Waals surface area contributed by atoms with Gasteiger partial charge in [0.2, 0.25) is 0 Å². The lowest BCUT2D eigenvalue weighted by atomic mass is 10.1. The van der Waals surface area contributed by atoms with Crippen molar-refractivity contribution in [3.63, 3.8) is 0 Å². The number of hydrogen-bond donors (Lipinski definition) is 1. The van der Waals surface area contributed by atoms with Gasteiger partial charge >= 0.3 is 0 Å². The molecular weight excluding hydrogens is 312 g/mol. The van der Waals surface area contributed by atoms with Crippen molar-refractivity contribution in [3.05, 3.63) is 39.8 Å². The van der Waals surface area contributed by atoms with Crippen molar-refractivity contribution in [2.75, 3.05) is 32.8 Å². The van der Waals surface area contributed by atoms with Crippen molar-refractivity contribution < 1.29 is 9.53 Å². The number of ether oxygens (including phenoxy) is 1. The molecule has 0 spiro atoms. The number of aryl methyl sites for hydroxylation is 1. The Balaban J connectivity index is 1.69. The summed E-state index contributed by atoms with van der Waals surface area (Å²) in [6.45, 7) is 5.78. The number of amides is 1. The number of hydrogen-bond acceptors (Lipinski definition) is 5. The van der Waals surface area contributed by atoms with E-state index in [0.717, 1.165) is 32.0 Å². The number of carbonyl (C=O) groups excluding carboxylic acids is 1. The van der Waals surface area contributed by atoms with Crippen molar-refractivity contribution in [3.8, 4) is 0 Å². The van der Waals surface area contributed by atoms with Gasteiger partial charge in [0.15, 0.2) is 0 Å². The molecule has 1 aliphatic rings. The lowest BCUT2D eigenvalue weighted by Crippen LogP contribution is -2.43. The zero-order valence-corrected chi connectivity index (χ0v) is 14.3. The molecule has 6 nitrogen and oxygen atoms in total. The summed E-state index contributed by atoms with van der Waals surface area (Å²) in [4.78, 5) is 16.1. The highest BCUT2D eigenvalue weighted by atomic mass is 32.1. The molecule has 1 fully saturated rings. The summed E-state index contributed by atoms with van der Waals surface area (Å²) in [5.74, 6) is -0.0644. The van der Waals surface area contributed by atoms with Crippen molar-refractivity contribution in [1.82, 2.24) is 20.0 Å². The predicted molar refractivity (Wildman–Crippen MR) is 89.7 cm³/mol. The van der Waals surface area contributed by atoms with E-state index in [2.05, 4.69) is 32.8 Å². The average Bonchev–Trinajstić information content (AvgIpc) is 3.20. The molecule has 124 valence electrons. The first-order valence-corrected chi connectivity index (χ1v) is 8.67. The molecule has 7 heteroatoms. The number of nitrogens with zero attached hydrogens (tertiary/aromatic N) is 3. The SMILES string of the molecule is Cc1c(C(=O)NC[C@@H](c2cccs2)N2CCOCC2)cnn1C. The van der Waals surface area contributed by atoms with Crippen LogP contribution in [0.1, 0.15) is 27.0 Å². The van der Waals surface area contributed by atoms with Gasteiger partial charge in [-0.15, -0.1) is 11.3 Å². The molecule has 1 amide bonds. The van der Waals surface area contributed by atoms with E-state index in [4.69, 9.17) is 4.74 Å². The maximum atomic E-state index is 12.4. The van der Waals surface area contributed by atoms with Crippen molar-refractivity contribution in [1.29, 1.82) is 0 Å². The highest BCUT2D eigenvalue weighted by Gasteiger charge is 2.24. The van der Waals surface area contributed by atoms with Crippen LogP contribution in [0, 0.1) is 6.92 Å². The summed E-state index contributed by atoms with van der Waals surface area (Å²) in [7, 11) is 1.84. The number of morpholine rings is 1. The molecule has 2 aromatic heterocycles. The lowest BCUT2D eigenvalue weighted by Gasteiger charge is -2.34. The van der Waals surface area contributed by atoms with Crippen LogP contribution in [0.5, 0.6) is 0 Å². The van der Waals surface area contributed by atoms with Gasteiger partial charge in [0.25, 0.3) is 5.91 Å². The number of rotatable bonds is 5. The molecule has 3 rings (SSSR count).